The van der Waals surface area contributed by atoms with E-state index in [1.807, 2.05) is 121 Å². The van der Waals surface area contributed by atoms with E-state index >= 15 is 0 Å². The molecule has 0 radical (unpaired) electrons. The van der Waals surface area contributed by atoms with Crippen molar-refractivity contribution < 1.29 is 23.7 Å². The molecule has 0 aliphatic rings. The molecule has 0 fully saturated rings. The van der Waals surface area contributed by atoms with Crippen molar-refractivity contribution in [2.24, 2.45) is 0 Å². The number of ether oxygens (including phenoxy) is 4. The lowest BCUT2D eigenvalue weighted by Crippen LogP contribution is -2.10. The van der Waals surface area contributed by atoms with Crippen molar-refractivity contribution in [2.45, 2.75) is 26.4 Å². The van der Waals surface area contributed by atoms with Gasteiger partial charge in [0.05, 0.1) is 0 Å². The first-order valence-corrected chi connectivity index (χ1v) is 13.1. The van der Waals surface area contributed by atoms with Crippen molar-refractivity contribution in [3.63, 3.8) is 0 Å². The lowest BCUT2D eigenvalue weighted by molar-refractivity contribution is 0.0466. The van der Waals surface area contributed by atoms with Crippen molar-refractivity contribution in [3.8, 4) is 17.2 Å². The highest BCUT2D eigenvalue weighted by atomic mass is 16.5. The Bertz CT molecular complexity index is 1490. The van der Waals surface area contributed by atoms with Crippen molar-refractivity contribution in [2.75, 3.05) is 0 Å². The van der Waals surface area contributed by atoms with Crippen LogP contribution in [0.25, 0.3) is 0 Å². The number of carbonyl (C=O) groups excluding carboxylic acids is 1. The van der Waals surface area contributed by atoms with E-state index in [4.69, 9.17) is 18.9 Å². The Balaban J connectivity index is 1.45. The molecule has 0 spiro atoms. The maximum atomic E-state index is 13.4. The summed E-state index contributed by atoms with van der Waals surface area (Å²) in [7, 11) is 0. The summed E-state index contributed by atoms with van der Waals surface area (Å²) in [5.41, 5.74) is 4.14. The highest BCUT2D eigenvalue weighted by molar-refractivity contribution is 5.93. The molecule has 0 amide bonds. The molecule has 0 saturated heterocycles. The van der Waals surface area contributed by atoms with Crippen molar-refractivity contribution >= 4 is 5.97 Å². The summed E-state index contributed by atoms with van der Waals surface area (Å²) in [4.78, 5) is 13.4. The Labute approximate surface area is 234 Å². The molecule has 5 aromatic carbocycles. The molecule has 40 heavy (non-hydrogen) atoms. The first-order valence-electron chi connectivity index (χ1n) is 13.1. The summed E-state index contributed by atoms with van der Waals surface area (Å²) in [5.74, 6) is 0.754. The van der Waals surface area contributed by atoms with Crippen LogP contribution in [0.2, 0.25) is 0 Å². The van der Waals surface area contributed by atoms with E-state index in [-0.39, 0.29) is 18.8 Å². The van der Waals surface area contributed by atoms with Crippen LogP contribution in [0, 0.1) is 0 Å². The van der Waals surface area contributed by atoms with Gasteiger partial charge in [0, 0.05) is 12.1 Å². The van der Waals surface area contributed by atoms with E-state index in [9.17, 15) is 4.79 Å². The predicted molar refractivity (Wildman–Crippen MR) is 154 cm³/mol. The topological polar surface area (TPSA) is 54.0 Å². The van der Waals surface area contributed by atoms with Gasteiger partial charge in [-0.05, 0) is 22.3 Å². The number of benzene rings is 5. The minimum absolute atomic E-state index is 0.143. The minimum atomic E-state index is -0.508. The third kappa shape index (κ3) is 7.51. The number of esters is 1. The maximum Gasteiger partial charge on any atom is 0.342 e. The molecule has 0 unspecified atom stereocenters. The van der Waals surface area contributed by atoms with Crippen LogP contribution >= 0.6 is 0 Å². The molecule has 0 saturated carbocycles. The molecule has 0 atom stereocenters. The smallest absolute Gasteiger partial charge is 0.342 e. The van der Waals surface area contributed by atoms with Gasteiger partial charge in [0.1, 0.15) is 37.7 Å². The molecule has 0 N–H and O–H groups in total. The molecule has 0 heterocycles. The van der Waals surface area contributed by atoms with Gasteiger partial charge in [0.15, 0.2) is 11.5 Å². The van der Waals surface area contributed by atoms with Gasteiger partial charge in [-0.1, -0.05) is 121 Å². The number of rotatable bonds is 12. The highest BCUT2D eigenvalue weighted by Gasteiger charge is 2.21. The molecule has 200 valence electrons. The molecular formula is C35H30O5. The minimum Gasteiger partial charge on any atom is -0.488 e. The molecule has 0 bridgehead atoms. The standard InChI is InChI=1S/C35H30O5/c36-35(40-26-30-19-11-4-12-20-30)31-21-33(38-24-28-15-7-2-8-16-28)34(39-25-29-17-9-3-10-18-29)22-32(31)37-23-27-13-5-1-6-14-27/h1-22H,23-26H2. The van der Waals surface area contributed by atoms with E-state index in [1.54, 1.807) is 12.1 Å². The van der Waals surface area contributed by atoms with Crippen LogP contribution < -0.4 is 14.2 Å². The Hall–Kier alpha value is -5.03. The molecule has 0 aromatic heterocycles. The quantitative estimate of drug-likeness (QED) is 0.154. The van der Waals surface area contributed by atoms with Crippen molar-refractivity contribution in [1.29, 1.82) is 0 Å². The largest absolute Gasteiger partial charge is 0.488 e. The van der Waals surface area contributed by atoms with E-state index in [0.717, 1.165) is 22.3 Å². The lowest BCUT2D eigenvalue weighted by Gasteiger charge is -2.18. The van der Waals surface area contributed by atoms with Crippen LogP contribution in [-0.4, -0.2) is 5.97 Å². The average molecular weight is 531 g/mol. The monoisotopic (exact) mass is 530 g/mol. The SMILES string of the molecule is O=C(OCc1ccccc1)c1cc(OCc2ccccc2)c(OCc2ccccc2)cc1OCc1ccccc1. The van der Waals surface area contributed by atoms with Gasteiger partial charge in [-0.15, -0.1) is 0 Å². The van der Waals surface area contributed by atoms with Crippen LogP contribution in [0.1, 0.15) is 32.6 Å². The van der Waals surface area contributed by atoms with E-state index in [2.05, 4.69) is 0 Å². The van der Waals surface area contributed by atoms with Crippen LogP contribution in [0.3, 0.4) is 0 Å². The Morgan fingerprint density at radius 2 is 0.775 bits per heavy atom. The molecular weight excluding hydrogens is 500 g/mol. The maximum absolute atomic E-state index is 13.4. The summed E-state index contributed by atoms with van der Waals surface area (Å²) in [6, 6.07) is 42.4. The average Bonchev–Trinajstić information content (AvgIpc) is 3.02. The van der Waals surface area contributed by atoms with Gasteiger partial charge in [-0.2, -0.15) is 0 Å². The van der Waals surface area contributed by atoms with Gasteiger partial charge in [0.25, 0.3) is 0 Å². The zero-order valence-corrected chi connectivity index (χ0v) is 22.1. The summed E-state index contributed by atoms with van der Waals surface area (Å²) < 4.78 is 24.3. The van der Waals surface area contributed by atoms with Gasteiger partial charge >= 0.3 is 5.97 Å². The molecule has 0 aliphatic heterocycles. The molecule has 5 heteroatoms. The fraction of sp³-hybridized carbons (Fsp3) is 0.114. The zero-order valence-electron chi connectivity index (χ0n) is 22.1. The Morgan fingerprint density at radius 1 is 0.425 bits per heavy atom. The second kappa shape index (κ2) is 13.7. The normalized spacial score (nSPS) is 10.5. The molecule has 5 rings (SSSR count). The summed E-state index contributed by atoms with van der Waals surface area (Å²) in [5, 5.41) is 0. The fourth-order valence-corrected chi connectivity index (χ4v) is 4.05. The summed E-state index contributed by atoms with van der Waals surface area (Å²) >= 11 is 0. The van der Waals surface area contributed by atoms with Crippen molar-refractivity contribution in [1.82, 2.24) is 0 Å². The lowest BCUT2D eigenvalue weighted by atomic mass is 10.1. The summed E-state index contributed by atoms with van der Waals surface area (Å²) in [6.45, 7) is 1.07. The predicted octanol–water partition coefficient (Wildman–Crippen LogP) is 7.78. The number of carbonyl (C=O) groups is 1. The second-order valence-electron chi connectivity index (χ2n) is 9.18. The Kier molecular flexibility index (Phi) is 9.08. The Morgan fingerprint density at radius 3 is 1.20 bits per heavy atom. The van der Waals surface area contributed by atoms with Gasteiger partial charge in [-0.3, -0.25) is 0 Å². The first kappa shape index (κ1) is 26.6. The van der Waals surface area contributed by atoms with Crippen LogP contribution in [-0.2, 0) is 31.2 Å². The zero-order chi connectivity index (χ0) is 27.4. The number of hydrogen-bond donors (Lipinski definition) is 0. The van der Waals surface area contributed by atoms with Crippen LogP contribution in [0.15, 0.2) is 133 Å². The molecule has 5 aromatic rings. The van der Waals surface area contributed by atoms with Crippen LogP contribution in [0.4, 0.5) is 0 Å². The fourth-order valence-electron chi connectivity index (χ4n) is 4.05. The highest BCUT2D eigenvalue weighted by Crippen LogP contribution is 2.37. The molecule has 5 nitrogen and oxygen atoms in total. The van der Waals surface area contributed by atoms with Crippen LogP contribution in [0.5, 0.6) is 17.2 Å². The van der Waals surface area contributed by atoms with E-state index in [0.29, 0.717) is 30.5 Å². The van der Waals surface area contributed by atoms with Gasteiger partial charge in [-0.25, -0.2) is 4.79 Å². The third-order valence-corrected chi connectivity index (χ3v) is 6.19. The second-order valence-corrected chi connectivity index (χ2v) is 9.18. The van der Waals surface area contributed by atoms with Gasteiger partial charge in [0.2, 0.25) is 0 Å². The van der Waals surface area contributed by atoms with Gasteiger partial charge < -0.3 is 18.9 Å². The molecule has 0 aliphatic carbocycles. The third-order valence-electron chi connectivity index (χ3n) is 6.19. The van der Waals surface area contributed by atoms with E-state index in [1.165, 1.54) is 0 Å². The van der Waals surface area contributed by atoms with E-state index < -0.39 is 5.97 Å². The first-order chi connectivity index (χ1) is 19.7. The number of hydrogen-bond acceptors (Lipinski definition) is 5. The summed E-state index contributed by atoms with van der Waals surface area (Å²) in [6.07, 6.45) is 0. The van der Waals surface area contributed by atoms with Crippen molar-refractivity contribution in [3.05, 3.63) is 161 Å².